The van der Waals surface area contributed by atoms with E-state index in [2.05, 4.69) is 10.2 Å². The Hall–Kier alpha value is -1.96. The second-order valence-corrected chi connectivity index (χ2v) is 8.42. The molecule has 1 amide bonds. The molecule has 23 heavy (non-hydrogen) atoms. The molecule has 1 unspecified atom stereocenters. The van der Waals surface area contributed by atoms with E-state index in [1.54, 1.807) is 4.90 Å². The van der Waals surface area contributed by atoms with Gasteiger partial charge in [0.1, 0.15) is 11.1 Å². The van der Waals surface area contributed by atoms with E-state index >= 15 is 0 Å². The highest BCUT2D eigenvalue weighted by molar-refractivity contribution is 7.92. The third-order valence-electron chi connectivity index (χ3n) is 4.50. The molecule has 0 saturated carbocycles. The van der Waals surface area contributed by atoms with E-state index < -0.39 is 15.1 Å². The van der Waals surface area contributed by atoms with Gasteiger partial charge >= 0.3 is 0 Å². The van der Waals surface area contributed by atoms with Crippen molar-refractivity contribution in [2.45, 2.75) is 30.9 Å². The van der Waals surface area contributed by atoms with E-state index in [4.69, 9.17) is 0 Å². The zero-order valence-electron chi connectivity index (χ0n) is 13.2. The summed E-state index contributed by atoms with van der Waals surface area (Å²) in [6.45, 7) is 2.55. The smallest absolute Gasteiger partial charge is 0.240 e. The SMILES string of the molecule is CC(C(=O)N1CCC(c2nnc3ccccn23)CC1)S(C)(=O)=O. The number of likely N-dealkylation sites (tertiary alicyclic amines) is 1. The van der Waals surface area contributed by atoms with Gasteiger partial charge < -0.3 is 4.90 Å². The summed E-state index contributed by atoms with van der Waals surface area (Å²) in [4.78, 5) is 13.9. The van der Waals surface area contributed by atoms with E-state index in [-0.39, 0.29) is 11.8 Å². The first-order chi connectivity index (χ1) is 10.9. The van der Waals surface area contributed by atoms with Crippen LogP contribution in [0.5, 0.6) is 0 Å². The lowest BCUT2D eigenvalue weighted by Crippen LogP contribution is -2.45. The fourth-order valence-corrected chi connectivity index (χ4v) is 3.45. The van der Waals surface area contributed by atoms with Crippen LogP contribution in [0.3, 0.4) is 0 Å². The molecule has 0 aromatic carbocycles. The minimum atomic E-state index is -3.35. The van der Waals surface area contributed by atoms with Crippen LogP contribution in [0.25, 0.3) is 5.65 Å². The van der Waals surface area contributed by atoms with E-state index in [9.17, 15) is 13.2 Å². The number of nitrogens with zero attached hydrogens (tertiary/aromatic N) is 4. The number of carbonyl (C=O) groups is 1. The van der Waals surface area contributed by atoms with Crippen LogP contribution in [-0.4, -0.2) is 58.4 Å². The van der Waals surface area contributed by atoms with Crippen LogP contribution < -0.4 is 0 Å². The van der Waals surface area contributed by atoms with Crippen molar-refractivity contribution >= 4 is 21.4 Å². The van der Waals surface area contributed by atoms with Gasteiger partial charge in [-0.2, -0.15) is 0 Å². The van der Waals surface area contributed by atoms with Gasteiger partial charge in [-0.05, 0) is 31.9 Å². The molecule has 124 valence electrons. The second-order valence-electron chi connectivity index (χ2n) is 6.06. The maximum absolute atomic E-state index is 12.3. The Bertz CT molecular complexity index is 822. The minimum Gasteiger partial charge on any atom is -0.342 e. The first-order valence-corrected chi connectivity index (χ1v) is 9.60. The van der Waals surface area contributed by atoms with E-state index in [0.29, 0.717) is 13.1 Å². The molecule has 0 radical (unpaired) electrons. The van der Waals surface area contributed by atoms with Gasteiger partial charge in [-0.1, -0.05) is 6.07 Å². The predicted octanol–water partition coefficient (Wildman–Crippen LogP) is 0.868. The maximum atomic E-state index is 12.3. The third kappa shape index (κ3) is 3.08. The Labute approximate surface area is 135 Å². The lowest BCUT2D eigenvalue weighted by Gasteiger charge is -2.32. The number of amides is 1. The Kier molecular flexibility index (Phi) is 4.09. The fourth-order valence-electron chi connectivity index (χ4n) is 2.94. The molecule has 0 N–H and O–H groups in total. The molecular weight excluding hydrogens is 316 g/mol. The van der Waals surface area contributed by atoms with E-state index in [1.807, 2.05) is 28.8 Å². The lowest BCUT2D eigenvalue weighted by molar-refractivity contribution is -0.131. The predicted molar refractivity (Wildman–Crippen MR) is 85.8 cm³/mol. The maximum Gasteiger partial charge on any atom is 0.240 e. The molecule has 1 aliphatic rings. The Balaban J connectivity index is 1.70. The van der Waals surface area contributed by atoms with Crippen LogP contribution in [0.15, 0.2) is 24.4 Å². The number of hydrogen-bond donors (Lipinski definition) is 0. The molecule has 1 aliphatic heterocycles. The number of piperidine rings is 1. The first kappa shape index (κ1) is 15.9. The highest BCUT2D eigenvalue weighted by atomic mass is 32.2. The molecule has 1 saturated heterocycles. The van der Waals surface area contributed by atoms with Gasteiger partial charge in [-0.25, -0.2) is 8.42 Å². The topological polar surface area (TPSA) is 84.6 Å². The fraction of sp³-hybridized carbons (Fsp3) is 0.533. The summed E-state index contributed by atoms with van der Waals surface area (Å²) in [5.74, 6) is 0.825. The summed E-state index contributed by atoms with van der Waals surface area (Å²) in [6, 6.07) is 5.76. The van der Waals surface area contributed by atoms with E-state index in [1.165, 1.54) is 6.92 Å². The number of hydrogen-bond acceptors (Lipinski definition) is 5. The molecule has 1 atom stereocenters. The van der Waals surface area contributed by atoms with Crippen molar-refractivity contribution in [2.24, 2.45) is 0 Å². The molecule has 3 rings (SSSR count). The van der Waals surface area contributed by atoms with Gasteiger partial charge in [0.2, 0.25) is 5.91 Å². The summed E-state index contributed by atoms with van der Waals surface area (Å²) in [5.41, 5.74) is 0.812. The van der Waals surface area contributed by atoms with Crippen molar-refractivity contribution < 1.29 is 13.2 Å². The van der Waals surface area contributed by atoms with Crippen molar-refractivity contribution in [3.8, 4) is 0 Å². The number of pyridine rings is 1. The number of rotatable bonds is 3. The number of carbonyl (C=O) groups excluding carboxylic acids is 1. The average Bonchev–Trinajstić information content (AvgIpc) is 2.97. The number of sulfone groups is 1. The van der Waals surface area contributed by atoms with Gasteiger partial charge in [0.05, 0.1) is 0 Å². The molecule has 7 nitrogen and oxygen atoms in total. The molecule has 0 spiro atoms. The molecule has 0 aliphatic carbocycles. The summed E-state index contributed by atoms with van der Waals surface area (Å²) >= 11 is 0. The van der Waals surface area contributed by atoms with Crippen LogP contribution in [0, 0.1) is 0 Å². The first-order valence-electron chi connectivity index (χ1n) is 7.65. The van der Waals surface area contributed by atoms with Crippen molar-refractivity contribution in [3.63, 3.8) is 0 Å². The standard InChI is InChI=1S/C15H20N4O3S/c1-11(23(2,21)22)15(20)18-9-6-12(7-10-18)14-17-16-13-5-3-4-8-19(13)14/h3-5,8,11-12H,6-7,9-10H2,1-2H3. The second kappa shape index (κ2) is 5.92. The number of aromatic nitrogens is 3. The van der Waals surface area contributed by atoms with Crippen LogP contribution in [0.4, 0.5) is 0 Å². The zero-order valence-corrected chi connectivity index (χ0v) is 14.0. The van der Waals surface area contributed by atoms with Gasteiger partial charge in [0.25, 0.3) is 0 Å². The zero-order chi connectivity index (χ0) is 16.6. The van der Waals surface area contributed by atoms with Gasteiger partial charge in [-0.15, -0.1) is 10.2 Å². The molecule has 3 heterocycles. The molecule has 0 bridgehead atoms. The van der Waals surface area contributed by atoms with Crippen LogP contribution in [-0.2, 0) is 14.6 Å². The summed E-state index contributed by atoms with van der Waals surface area (Å²) in [7, 11) is -3.35. The van der Waals surface area contributed by atoms with Crippen molar-refractivity contribution in [1.82, 2.24) is 19.5 Å². The van der Waals surface area contributed by atoms with Crippen molar-refractivity contribution in [3.05, 3.63) is 30.2 Å². The largest absolute Gasteiger partial charge is 0.342 e. The normalized spacial score (nSPS) is 18.3. The van der Waals surface area contributed by atoms with Gasteiger partial charge in [-0.3, -0.25) is 9.20 Å². The molecule has 2 aromatic heterocycles. The van der Waals surface area contributed by atoms with Crippen molar-refractivity contribution in [1.29, 1.82) is 0 Å². The van der Waals surface area contributed by atoms with Crippen LogP contribution >= 0.6 is 0 Å². The minimum absolute atomic E-state index is 0.227. The monoisotopic (exact) mass is 336 g/mol. The van der Waals surface area contributed by atoms with Crippen LogP contribution in [0.2, 0.25) is 0 Å². The third-order valence-corrected chi connectivity index (χ3v) is 5.99. The quantitative estimate of drug-likeness (QED) is 0.830. The Morgan fingerprint density at radius 2 is 1.96 bits per heavy atom. The molecule has 8 heteroatoms. The molecule has 2 aromatic rings. The molecular formula is C15H20N4O3S. The molecule has 1 fully saturated rings. The number of fused-ring (bicyclic) bond motifs is 1. The van der Waals surface area contributed by atoms with E-state index in [0.717, 1.165) is 30.6 Å². The summed E-state index contributed by atoms with van der Waals surface area (Å²) in [6.07, 6.45) is 4.56. The Morgan fingerprint density at radius 3 is 2.61 bits per heavy atom. The Morgan fingerprint density at radius 1 is 1.26 bits per heavy atom. The highest BCUT2D eigenvalue weighted by Crippen LogP contribution is 2.27. The van der Waals surface area contributed by atoms with Gasteiger partial charge in [0.15, 0.2) is 15.5 Å². The average molecular weight is 336 g/mol. The van der Waals surface area contributed by atoms with Crippen molar-refractivity contribution in [2.75, 3.05) is 19.3 Å². The van der Waals surface area contributed by atoms with Gasteiger partial charge in [0, 0.05) is 31.5 Å². The summed E-state index contributed by atoms with van der Waals surface area (Å²) < 4.78 is 25.1. The lowest BCUT2D eigenvalue weighted by atomic mass is 9.96. The van der Waals surface area contributed by atoms with Crippen LogP contribution in [0.1, 0.15) is 31.5 Å². The summed E-state index contributed by atoms with van der Waals surface area (Å²) in [5, 5.41) is 7.46. The highest BCUT2D eigenvalue weighted by Gasteiger charge is 2.32.